The molecule has 0 bridgehead atoms. The van der Waals surface area contributed by atoms with Crippen molar-refractivity contribution >= 4 is 17.6 Å². The van der Waals surface area contributed by atoms with E-state index >= 15 is 0 Å². The average molecular weight is 278 g/mol. The summed E-state index contributed by atoms with van der Waals surface area (Å²) >= 11 is 0. The molecule has 1 aromatic carbocycles. The number of halogens is 1. The van der Waals surface area contributed by atoms with Crippen LogP contribution in [0.5, 0.6) is 0 Å². The van der Waals surface area contributed by atoms with Gasteiger partial charge in [-0.1, -0.05) is 0 Å². The average Bonchev–Trinajstić information content (AvgIpc) is 2.71. The van der Waals surface area contributed by atoms with Crippen molar-refractivity contribution in [3.05, 3.63) is 46.9 Å². The molecule has 0 radical (unpaired) electrons. The number of nitrogens with one attached hydrogen (secondary N) is 1. The highest BCUT2D eigenvalue weighted by Crippen LogP contribution is 2.18. The number of anilines is 1. The number of hydrogen-bond acceptors (Lipinski definition) is 4. The molecule has 0 unspecified atom stereocenters. The van der Waals surface area contributed by atoms with Crippen molar-refractivity contribution in [3.63, 3.8) is 0 Å². The summed E-state index contributed by atoms with van der Waals surface area (Å²) in [7, 11) is 0. The number of carbonyl (C=O) groups excluding carboxylic acids is 1. The van der Waals surface area contributed by atoms with Gasteiger partial charge in [0.2, 0.25) is 5.76 Å². The van der Waals surface area contributed by atoms with E-state index in [-0.39, 0.29) is 17.0 Å². The highest BCUT2D eigenvalue weighted by atomic mass is 19.1. The van der Waals surface area contributed by atoms with Gasteiger partial charge in [0.25, 0.3) is 5.91 Å². The second-order valence-corrected chi connectivity index (χ2v) is 4.10. The van der Waals surface area contributed by atoms with E-state index in [2.05, 4.69) is 10.3 Å². The molecule has 0 aliphatic carbocycles. The van der Waals surface area contributed by atoms with Crippen LogP contribution in [0.25, 0.3) is 0 Å². The van der Waals surface area contributed by atoms with Gasteiger partial charge in [0.05, 0.1) is 16.9 Å². The molecule has 6 nitrogen and oxygen atoms in total. The zero-order chi connectivity index (χ0) is 14.9. The number of hydrogen-bond donors (Lipinski definition) is 2. The third-order valence-electron chi connectivity index (χ3n) is 2.57. The van der Waals surface area contributed by atoms with Crippen molar-refractivity contribution in [1.29, 1.82) is 0 Å². The number of amides is 1. The Morgan fingerprint density at radius 1 is 1.35 bits per heavy atom. The molecule has 0 aliphatic rings. The van der Waals surface area contributed by atoms with Gasteiger partial charge in [-0.05, 0) is 25.1 Å². The molecule has 1 heterocycles. The lowest BCUT2D eigenvalue weighted by Gasteiger charge is -2.06. The predicted octanol–water partition coefficient (Wildman–Crippen LogP) is 2.38. The first-order chi connectivity index (χ1) is 9.38. The number of aromatic nitrogens is 1. The molecule has 0 fully saturated rings. The van der Waals surface area contributed by atoms with Gasteiger partial charge in [-0.2, -0.15) is 0 Å². The van der Waals surface area contributed by atoms with Crippen LogP contribution in [0.4, 0.5) is 10.1 Å². The first-order valence-corrected chi connectivity index (χ1v) is 5.66. The quantitative estimate of drug-likeness (QED) is 0.899. The summed E-state index contributed by atoms with van der Waals surface area (Å²) in [5, 5.41) is 11.1. The second kappa shape index (κ2) is 5.12. The number of carbonyl (C=O) groups is 2. The Morgan fingerprint density at radius 3 is 2.60 bits per heavy atom. The van der Waals surface area contributed by atoms with Crippen molar-refractivity contribution in [2.45, 2.75) is 13.8 Å². The minimum absolute atomic E-state index is 0.0392. The zero-order valence-electron chi connectivity index (χ0n) is 10.7. The number of oxazole rings is 1. The van der Waals surface area contributed by atoms with Crippen molar-refractivity contribution in [2.75, 3.05) is 5.32 Å². The smallest absolute Gasteiger partial charge is 0.335 e. The summed E-state index contributed by atoms with van der Waals surface area (Å²) < 4.78 is 18.7. The third-order valence-corrected chi connectivity index (χ3v) is 2.57. The highest BCUT2D eigenvalue weighted by molar-refractivity contribution is 6.03. The van der Waals surface area contributed by atoms with Gasteiger partial charge >= 0.3 is 5.97 Å². The first-order valence-electron chi connectivity index (χ1n) is 5.66. The molecule has 2 aromatic rings. The van der Waals surface area contributed by atoms with Crippen molar-refractivity contribution in [1.82, 2.24) is 4.98 Å². The summed E-state index contributed by atoms with van der Waals surface area (Å²) in [5.41, 5.74) is 0.00493. The number of aryl methyl sites for hydroxylation is 2. The Kier molecular flexibility index (Phi) is 3.51. The van der Waals surface area contributed by atoms with E-state index in [1.54, 1.807) is 13.8 Å². The number of rotatable bonds is 3. The van der Waals surface area contributed by atoms with Crippen LogP contribution in [0.15, 0.2) is 22.6 Å². The SMILES string of the molecule is Cc1nc(C)c(C(=O)Nc2cc(C(=O)O)ccc2F)o1. The highest BCUT2D eigenvalue weighted by Gasteiger charge is 2.18. The molecule has 1 amide bonds. The molecule has 2 rings (SSSR count). The first kappa shape index (κ1) is 13.7. The van der Waals surface area contributed by atoms with E-state index in [1.807, 2.05) is 0 Å². The Balaban J connectivity index is 2.30. The van der Waals surface area contributed by atoms with Crippen molar-refractivity contribution in [2.24, 2.45) is 0 Å². The lowest BCUT2D eigenvalue weighted by atomic mass is 10.2. The van der Waals surface area contributed by atoms with Gasteiger partial charge in [-0.25, -0.2) is 14.2 Å². The van der Waals surface area contributed by atoms with Crippen LogP contribution in [0.3, 0.4) is 0 Å². The molecule has 0 spiro atoms. The molecule has 0 saturated carbocycles. The summed E-state index contributed by atoms with van der Waals surface area (Å²) in [4.78, 5) is 26.7. The van der Waals surface area contributed by atoms with Crippen molar-refractivity contribution in [3.8, 4) is 0 Å². The fraction of sp³-hybridized carbons (Fsp3) is 0.154. The molecule has 0 aliphatic heterocycles. The summed E-state index contributed by atoms with van der Waals surface area (Å²) in [5.74, 6) is -2.37. The van der Waals surface area contributed by atoms with E-state index < -0.39 is 17.7 Å². The maximum atomic E-state index is 13.6. The number of nitrogens with zero attached hydrogens (tertiary/aromatic N) is 1. The standard InChI is InChI=1S/C13H11FN2O4/c1-6-11(20-7(2)15-6)12(17)16-10-5-8(13(18)19)3-4-9(10)14/h3-5H,1-2H3,(H,16,17)(H,18,19). The molecule has 2 N–H and O–H groups in total. The Hall–Kier alpha value is -2.70. The monoisotopic (exact) mass is 278 g/mol. The normalized spacial score (nSPS) is 10.3. The van der Waals surface area contributed by atoms with E-state index in [1.165, 1.54) is 0 Å². The number of carboxylic acids is 1. The maximum absolute atomic E-state index is 13.6. The van der Waals surface area contributed by atoms with Crippen LogP contribution < -0.4 is 5.32 Å². The maximum Gasteiger partial charge on any atom is 0.335 e. The molecule has 104 valence electrons. The molecule has 0 saturated heterocycles. The molecule has 20 heavy (non-hydrogen) atoms. The topological polar surface area (TPSA) is 92.4 Å². The summed E-state index contributed by atoms with van der Waals surface area (Å²) in [6.07, 6.45) is 0. The van der Waals surface area contributed by atoms with Crippen LogP contribution in [0.2, 0.25) is 0 Å². The summed E-state index contributed by atoms with van der Waals surface area (Å²) in [6, 6.07) is 3.11. The Morgan fingerprint density at radius 2 is 2.05 bits per heavy atom. The van der Waals surface area contributed by atoms with Gasteiger partial charge in [-0.3, -0.25) is 4.79 Å². The van der Waals surface area contributed by atoms with Crippen LogP contribution >= 0.6 is 0 Å². The van der Waals surface area contributed by atoms with E-state index in [0.717, 1.165) is 18.2 Å². The van der Waals surface area contributed by atoms with Gasteiger partial charge in [0, 0.05) is 6.92 Å². The minimum atomic E-state index is -1.22. The second-order valence-electron chi connectivity index (χ2n) is 4.10. The van der Waals surface area contributed by atoms with E-state index in [0.29, 0.717) is 11.6 Å². The number of benzene rings is 1. The van der Waals surface area contributed by atoms with E-state index in [9.17, 15) is 14.0 Å². The fourth-order valence-electron chi connectivity index (χ4n) is 1.68. The lowest BCUT2D eigenvalue weighted by molar-refractivity contribution is 0.0696. The van der Waals surface area contributed by atoms with Crippen molar-refractivity contribution < 1.29 is 23.5 Å². The zero-order valence-corrected chi connectivity index (χ0v) is 10.7. The fourth-order valence-corrected chi connectivity index (χ4v) is 1.68. The molecule has 7 heteroatoms. The van der Waals surface area contributed by atoms with Crippen LogP contribution in [-0.4, -0.2) is 22.0 Å². The van der Waals surface area contributed by atoms with Gasteiger partial charge in [-0.15, -0.1) is 0 Å². The Labute approximate surface area is 113 Å². The summed E-state index contributed by atoms with van der Waals surface area (Å²) in [6.45, 7) is 3.16. The minimum Gasteiger partial charge on any atom is -0.478 e. The lowest BCUT2D eigenvalue weighted by Crippen LogP contribution is -2.14. The third kappa shape index (κ3) is 2.66. The molecule has 1 aromatic heterocycles. The number of aromatic carboxylic acids is 1. The van der Waals surface area contributed by atoms with Crippen LogP contribution in [0, 0.1) is 19.7 Å². The molecular formula is C13H11FN2O4. The van der Waals surface area contributed by atoms with Crippen LogP contribution in [0.1, 0.15) is 32.5 Å². The number of carboxylic acid groups (broad SMARTS) is 1. The molecule has 0 atom stereocenters. The van der Waals surface area contributed by atoms with Gasteiger partial charge in [0.15, 0.2) is 5.89 Å². The van der Waals surface area contributed by atoms with Crippen LogP contribution in [-0.2, 0) is 0 Å². The Bertz CT molecular complexity index is 694. The molecular weight excluding hydrogens is 267 g/mol. The van der Waals surface area contributed by atoms with E-state index in [4.69, 9.17) is 9.52 Å². The van der Waals surface area contributed by atoms with Gasteiger partial charge in [0.1, 0.15) is 5.82 Å². The largest absolute Gasteiger partial charge is 0.478 e. The predicted molar refractivity (Wildman–Crippen MR) is 67.3 cm³/mol. The van der Waals surface area contributed by atoms with Gasteiger partial charge < -0.3 is 14.8 Å².